The lowest BCUT2D eigenvalue weighted by Gasteiger charge is -2.09. The molecule has 0 spiro atoms. The average molecular weight is 335 g/mol. The SMILES string of the molecule is COc1ccc(CNc2nncc(Nc3cc(C)cc(C)c3)n2)cc1. The van der Waals surface area contributed by atoms with Crippen LogP contribution in [0.3, 0.4) is 0 Å². The zero-order valence-electron chi connectivity index (χ0n) is 14.6. The van der Waals surface area contributed by atoms with Gasteiger partial charge in [0.05, 0.1) is 13.3 Å². The number of benzene rings is 2. The number of aromatic nitrogens is 3. The molecule has 0 amide bonds. The normalized spacial score (nSPS) is 10.4. The molecule has 2 N–H and O–H groups in total. The first kappa shape index (κ1) is 16.7. The van der Waals surface area contributed by atoms with Gasteiger partial charge in [0.25, 0.3) is 0 Å². The Bertz CT molecular complexity index is 828. The Morgan fingerprint density at radius 2 is 1.72 bits per heavy atom. The van der Waals surface area contributed by atoms with Gasteiger partial charge >= 0.3 is 0 Å². The molecule has 6 nitrogen and oxygen atoms in total. The molecule has 0 radical (unpaired) electrons. The summed E-state index contributed by atoms with van der Waals surface area (Å²) >= 11 is 0. The molecule has 0 aliphatic rings. The summed E-state index contributed by atoms with van der Waals surface area (Å²) in [6, 6.07) is 14.1. The van der Waals surface area contributed by atoms with Crippen LogP contribution in [0.5, 0.6) is 5.75 Å². The van der Waals surface area contributed by atoms with Gasteiger partial charge in [0.2, 0.25) is 5.95 Å². The minimum Gasteiger partial charge on any atom is -0.497 e. The molecule has 0 saturated heterocycles. The van der Waals surface area contributed by atoms with Crippen molar-refractivity contribution in [3.8, 4) is 5.75 Å². The van der Waals surface area contributed by atoms with E-state index in [2.05, 4.69) is 57.9 Å². The molecule has 25 heavy (non-hydrogen) atoms. The van der Waals surface area contributed by atoms with Gasteiger partial charge < -0.3 is 15.4 Å². The van der Waals surface area contributed by atoms with Crippen LogP contribution in [0.1, 0.15) is 16.7 Å². The van der Waals surface area contributed by atoms with E-state index >= 15 is 0 Å². The fourth-order valence-corrected chi connectivity index (χ4v) is 2.56. The van der Waals surface area contributed by atoms with Gasteiger partial charge in [-0.05, 0) is 54.8 Å². The first-order valence-corrected chi connectivity index (χ1v) is 8.04. The Labute approximate surface area is 147 Å². The number of nitrogens with zero attached hydrogens (tertiary/aromatic N) is 3. The number of hydrogen-bond acceptors (Lipinski definition) is 6. The van der Waals surface area contributed by atoms with E-state index in [0.29, 0.717) is 18.3 Å². The van der Waals surface area contributed by atoms with E-state index in [-0.39, 0.29) is 0 Å². The summed E-state index contributed by atoms with van der Waals surface area (Å²) < 4.78 is 5.16. The third kappa shape index (κ3) is 4.67. The predicted molar refractivity (Wildman–Crippen MR) is 99.3 cm³/mol. The third-order valence-electron chi connectivity index (χ3n) is 3.66. The van der Waals surface area contributed by atoms with Gasteiger partial charge in [-0.15, -0.1) is 5.10 Å². The highest BCUT2D eigenvalue weighted by atomic mass is 16.5. The molecule has 0 saturated carbocycles. The Hall–Kier alpha value is -3.15. The average Bonchev–Trinajstić information content (AvgIpc) is 2.60. The van der Waals surface area contributed by atoms with Crippen molar-refractivity contribution in [2.24, 2.45) is 0 Å². The Balaban J connectivity index is 1.66. The summed E-state index contributed by atoms with van der Waals surface area (Å²) in [4.78, 5) is 4.46. The summed E-state index contributed by atoms with van der Waals surface area (Å²) in [6.45, 7) is 4.75. The van der Waals surface area contributed by atoms with Crippen LogP contribution in [-0.4, -0.2) is 22.3 Å². The number of hydrogen-bond donors (Lipinski definition) is 2. The van der Waals surface area contributed by atoms with Gasteiger partial charge in [-0.1, -0.05) is 18.2 Å². The molecule has 1 aromatic heterocycles. The Morgan fingerprint density at radius 3 is 2.40 bits per heavy atom. The highest BCUT2D eigenvalue weighted by molar-refractivity contribution is 5.58. The summed E-state index contributed by atoms with van der Waals surface area (Å²) in [6.07, 6.45) is 1.61. The fraction of sp³-hybridized carbons (Fsp3) is 0.211. The first-order chi connectivity index (χ1) is 12.1. The molecule has 0 bridgehead atoms. The first-order valence-electron chi connectivity index (χ1n) is 8.04. The topological polar surface area (TPSA) is 72.0 Å². The quantitative estimate of drug-likeness (QED) is 0.713. The van der Waals surface area contributed by atoms with Crippen molar-refractivity contribution in [1.82, 2.24) is 15.2 Å². The fourth-order valence-electron chi connectivity index (χ4n) is 2.56. The number of anilines is 3. The van der Waals surface area contributed by atoms with Crippen LogP contribution in [0.15, 0.2) is 48.7 Å². The second-order valence-electron chi connectivity index (χ2n) is 5.87. The van der Waals surface area contributed by atoms with Crippen LogP contribution in [0.2, 0.25) is 0 Å². The zero-order valence-corrected chi connectivity index (χ0v) is 14.6. The molecule has 0 unspecified atom stereocenters. The van der Waals surface area contributed by atoms with Crippen LogP contribution >= 0.6 is 0 Å². The van der Waals surface area contributed by atoms with E-state index < -0.39 is 0 Å². The second kappa shape index (κ2) is 7.61. The number of methoxy groups -OCH3 is 1. The molecule has 0 aliphatic carbocycles. The molecular weight excluding hydrogens is 314 g/mol. The molecule has 3 rings (SSSR count). The molecule has 0 fully saturated rings. The second-order valence-corrected chi connectivity index (χ2v) is 5.87. The molecule has 1 heterocycles. The highest BCUT2D eigenvalue weighted by Gasteiger charge is 2.03. The van der Waals surface area contributed by atoms with Gasteiger partial charge in [0.15, 0.2) is 5.82 Å². The number of rotatable bonds is 6. The van der Waals surface area contributed by atoms with Crippen LogP contribution in [-0.2, 0) is 6.54 Å². The van der Waals surface area contributed by atoms with Crippen molar-refractivity contribution in [2.45, 2.75) is 20.4 Å². The van der Waals surface area contributed by atoms with E-state index in [9.17, 15) is 0 Å². The van der Waals surface area contributed by atoms with E-state index in [1.807, 2.05) is 24.3 Å². The maximum Gasteiger partial charge on any atom is 0.244 e. The zero-order chi connectivity index (χ0) is 17.6. The number of nitrogens with one attached hydrogen (secondary N) is 2. The standard InChI is InChI=1S/C19H21N5O/c1-13-8-14(2)10-16(9-13)22-18-12-21-24-19(23-18)20-11-15-4-6-17(25-3)7-5-15/h4-10,12H,11H2,1-3H3,(H2,20,22,23,24). The number of ether oxygens (including phenoxy) is 1. The Kier molecular flexibility index (Phi) is 5.09. The minimum absolute atomic E-state index is 0.477. The van der Waals surface area contributed by atoms with Crippen molar-refractivity contribution < 1.29 is 4.74 Å². The predicted octanol–water partition coefficient (Wildman–Crippen LogP) is 3.85. The van der Waals surface area contributed by atoms with Gasteiger partial charge in [-0.3, -0.25) is 0 Å². The molecule has 3 aromatic rings. The largest absolute Gasteiger partial charge is 0.497 e. The van der Waals surface area contributed by atoms with Crippen molar-refractivity contribution in [3.05, 3.63) is 65.4 Å². The van der Waals surface area contributed by atoms with Crippen molar-refractivity contribution >= 4 is 17.5 Å². The third-order valence-corrected chi connectivity index (χ3v) is 3.66. The van der Waals surface area contributed by atoms with Crippen molar-refractivity contribution in [3.63, 3.8) is 0 Å². The van der Waals surface area contributed by atoms with Gasteiger partial charge in [0.1, 0.15) is 5.75 Å². The van der Waals surface area contributed by atoms with Gasteiger partial charge in [-0.2, -0.15) is 10.1 Å². The summed E-state index contributed by atoms with van der Waals surface area (Å²) in [5.74, 6) is 1.96. The smallest absolute Gasteiger partial charge is 0.244 e. The van der Waals surface area contributed by atoms with E-state index in [4.69, 9.17) is 4.74 Å². The molecular formula is C19H21N5O. The maximum atomic E-state index is 5.16. The molecule has 6 heteroatoms. The monoisotopic (exact) mass is 335 g/mol. The van der Waals surface area contributed by atoms with E-state index in [0.717, 1.165) is 17.0 Å². The lowest BCUT2D eigenvalue weighted by atomic mass is 10.1. The summed E-state index contributed by atoms with van der Waals surface area (Å²) in [7, 11) is 1.65. The molecule has 0 atom stereocenters. The van der Waals surface area contributed by atoms with Crippen LogP contribution in [0.25, 0.3) is 0 Å². The molecule has 128 valence electrons. The van der Waals surface area contributed by atoms with Crippen LogP contribution in [0, 0.1) is 13.8 Å². The van der Waals surface area contributed by atoms with Crippen LogP contribution < -0.4 is 15.4 Å². The van der Waals surface area contributed by atoms with Gasteiger partial charge in [0, 0.05) is 12.2 Å². The summed E-state index contributed by atoms with van der Waals surface area (Å²) in [5, 5.41) is 14.5. The van der Waals surface area contributed by atoms with E-state index in [1.165, 1.54) is 11.1 Å². The summed E-state index contributed by atoms with van der Waals surface area (Å²) in [5.41, 5.74) is 4.49. The van der Waals surface area contributed by atoms with E-state index in [1.54, 1.807) is 13.3 Å². The molecule has 2 aromatic carbocycles. The lowest BCUT2D eigenvalue weighted by molar-refractivity contribution is 0.414. The lowest BCUT2D eigenvalue weighted by Crippen LogP contribution is -2.06. The molecule has 0 aliphatic heterocycles. The van der Waals surface area contributed by atoms with Gasteiger partial charge in [-0.25, -0.2) is 0 Å². The maximum absolute atomic E-state index is 5.16. The van der Waals surface area contributed by atoms with Crippen molar-refractivity contribution in [2.75, 3.05) is 17.7 Å². The van der Waals surface area contributed by atoms with Crippen LogP contribution in [0.4, 0.5) is 17.5 Å². The minimum atomic E-state index is 0.477. The Morgan fingerprint density at radius 1 is 1.00 bits per heavy atom. The van der Waals surface area contributed by atoms with Crippen molar-refractivity contribution in [1.29, 1.82) is 0 Å². The highest BCUT2D eigenvalue weighted by Crippen LogP contribution is 2.18. The number of aryl methyl sites for hydroxylation is 2.